The number of amides is 1. The molecule has 10 heteroatoms. The number of benzene rings is 3. The molecule has 7 nitrogen and oxygen atoms in total. The van der Waals surface area contributed by atoms with E-state index in [1.165, 1.54) is 56.0 Å². The topological polar surface area (TPSA) is 73.2 Å². The van der Waals surface area contributed by atoms with Crippen LogP contribution >= 0.6 is 23.1 Å². The lowest BCUT2D eigenvalue weighted by atomic mass is 10.2. The molecule has 0 fully saturated rings. The maximum Gasteiger partial charge on any atom is 0.250 e. The first-order chi connectivity index (χ1) is 17.5. The fraction of sp³-hybridized carbons (Fsp3) is 0.192. The molecule has 0 saturated carbocycles. The summed E-state index contributed by atoms with van der Waals surface area (Å²) >= 11 is 2.78. The third kappa shape index (κ3) is 5.95. The summed E-state index contributed by atoms with van der Waals surface area (Å²) in [4.78, 5) is 18.9. The van der Waals surface area contributed by atoms with Gasteiger partial charge in [0.1, 0.15) is 5.82 Å². The normalized spacial score (nSPS) is 11.1. The fourth-order valence-corrected chi connectivity index (χ4v) is 5.20. The van der Waals surface area contributed by atoms with E-state index in [-0.39, 0.29) is 18.1 Å². The molecule has 0 aliphatic rings. The molecular formula is C26H24FN3O4S2. The third-order valence-corrected chi connectivity index (χ3v) is 7.10. The zero-order valence-corrected chi connectivity index (χ0v) is 21.6. The van der Waals surface area contributed by atoms with E-state index < -0.39 is 0 Å². The Labute approximate surface area is 216 Å². The van der Waals surface area contributed by atoms with Crippen molar-refractivity contribution in [2.45, 2.75) is 11.3 Å². The van der Waals surface area contributed by atoms with E-state index in [1.807, 2.05) is 30.3 Å². The van der Waals surface area contributed by atoms with Crippen molar-refractivity contribution < 1.29 is 23.4 Å². The van der Waals surface area contributed by atoms with Gasteiger partial charge in [-0.25, -0.2) is 9.37 Å². The predicted molar refractivity (Wildman–Crippen MR) is 143 cm³/mol. The largest absolute Gasteiger partial charge is 0.493 e. The summed E-state index contributed by atoms with van der Waals surface area (Å²) in [7, 11) is 4.58. The van der Waals surface area contributed by atoms with Crippen molar-refractivity contribution in [1.29, 1.82) is 0 Å². The van der Waals surface area contributed by atoms with Gasteiger partial charge in [-0.3, -0.25) is 4.79 Å². The van der Waals surface area contributed by atoms with E-state index in [0.717, 1.165) is 4.90 Å². The molecule has 1 aromatic heterocycles. The summed E-state index contributed by atoms with van der Waals surface area (Å²) < 4.78 is 30.6. The number of hydrogen-bond donors (Lipinski definition) is 0. The number of fused-ring (bicyclic) bond motifs is 1. The fourth-order valence-electron chi connectivity index (χ4n) is 3.38. The standard InChI is InChI=1S/C26H24FN3O4S2/c1-32-21-13-17(14-22(33-2)25(21)34-3)16-28-30(24(31)11-12-35-19-7-5-4-6-8-19)26-29-20-10-9-18(27)15-23(20)36-26/h4-10,13-16H,11-12H2,1-3H3/b28-16+. The number of anilines is 1. The Bertz CT molecular complexity index is 1350. The molecule has 0 unspecified atom stereocenters. The Hall–Kier alpha value is -3.63. The van der Waals surface area contributed by atoms with Gasteiger partial charge in [0.25, 0.3) is 0 Å². The van der Waals surface area contributed by atoms with Crippen LogP contribution in [0.1, 0.15) is 12.0 Å². The van der Waals surface area contributed by atoms with Crippen molar-refractivity contribution in [2.24, 2.45) is 5.10 Å². The highest BCUT2D eigenvalue weighted by Gasteiger charge is 2.20. The first kappa shape index (κ1) is 25.5. The monoisotopic (exact) mass is 525 g/mol. The summed E-state index contributed by atoms with van der Waals surface area (Å²) in [5.74, 6) is 1.35. The number of hydrazone groups is 1. The van der Waals surface area contributed by atoms with E-state index in [0.29, 0.717) is 43.9 Å². The number of carbonyl (C=O) groups excluding carboxylic acids is 1. The zero-order chi connectivity index (χ0) is 25.5. The van der Waals surface area contributed by atoms with E-state index in [9.17, 15) is 9.18 Å². The zero-order valence-electron chi connectivity index (χ0n) is 19.9. The van der Waals surface area contributed by atoms with Gasteiger partial charge in [0.05, 0.1) is 37.8 Å². The first-order valence-electron chi connectivity index (χ1n) is 10.9. The quantitative estimate of drug-likeness (QED) is 0.143. The van der Waals surface area contributed by atoms with Gasteiger partial charge >= 0.3 is 0 Å². The van der Waals surface area contributed by atoms with Crippen LogP contribution in [-0.4, -0.2) is 44.2 Å². The molecule has 1 heterocycles. The number of thiazole rings is 1. The minimum Gasteiger partial charge on any atom is -0.493 e. The van der Waals surface area contributed by atoms with Crippen LogP contribution in [0.4, 0.5) is 9.52 Å². The smallest absolute Gasteiger partial charge is 0.250 e. The minimum absolute atomic E-state index is 0.233. The Morgan fingerprint density at radius 3 is 2.44 bits per heavy atom. The summed E-state index contributed by atoms with van der Waals surface area (Å²) in [6, 6.07) is 17.6. The van der Waals surface area contributed by atoms with Crippen LogP contribution in [0.2, 0.25) is 0 Å². The highest BCUT2D eigenvalue weighted by atomic mass is 32.2. The number of thioether (sulfide) groups is 1. The van der Waals surface area contributed by atoms with Crippen LogP contribution in [0.5, 0.6) is 17.2 Å². The Balaban J connectivity index is 1.63. The minimum atomic E-state index is -0.365. The van der Waals surface area contributed by atoms with Crippen LogP contribution < -0.4 is 19.2 Å². The van der Waals surface area contributed by atoms with Crippen LogP contribution in [0.25, 0.3) is 10.2 Å². The molecule has 0 bridgehead atoms. The van der Waals surface area contributed by atoms with Crippen LogP contribution in [0.3, 0.4) is 0 Å². The number of carbonyl (C=O) groups is 1. The number of nitrogens with zero attached hydrogens (tertiary/aromatic N) is 3. The summed E-state index contributed by atoms with van der Waals surface area (Å²) in [5.41, 5.74) is 1.23. The molecule has 0 spiro atoms. The lowest BCUT2D eigenvalue weighted by molar-refractivity contribution is -0.118. The number of hydrogen-bond acceptors (Lipinski definition) is 8. The van der Waals surface area contributed by atoms with Gasteiger partial charge in [-0.1, -0.05) is 29.5 Å². The van der Waals surface area contributed by atoms with Crippen LogP contribution in [0.15, 0.2) is 70.7 Å². The summed E-state index contributed by atoms with van der Waals surface area (Å²) in [5, 5.41) is 6.08. The number of halogens is 1. The number of aromatic nitrogens is 1. The SMILES string of the molecule is COc1cc(/C=N/N(C(=O)CCSc2ccccc2)c2nc3ccc(F)cc3s2)cc(OC)c1OC. The molecular weight excluding hydrogens is 501 g/mol. The Kier molecular flexibility index (Phi) is 8.40. The van der Waals surface area contributed by atoms with Gasteiger partial charge in [0, 0.05) is 22.6 Å². The van der Waals surface area contributed by atoms with E-state index in [1.54, 1.807) is 30.0 Å². The van der Waals surface area contributed by atoms with Crippen LogP contribution in [-0.2, 0) is 4.79 Å². The maximum absolute atomic E-state index is 13.7. The van der Waals surface area contributed by atoms with Crippen molar-refractivity contribution in [3.63, 3.8) is 0 Å². The molecule has 1 amide bonds. The van der Waals surface area contributed by atoms with Crippen molar-refractivity contribution >= 4 is 50.6 Å². The number of rotatable bonds is 10. The maximum atomic E-state index is 13.7. The van der Waals surface area contributed by atoms with Crippen LogP contribution in [0, 0.1) is 5.82 Å². The van der Waals surface area contributed by atoms with Gasteiger partial charge < -0.3 is 14.2 Å². The number of methoxy groups -OCH3 is 3. The lowest BCUT2D eigenvalue weighted by Crippen LogP contribution is -2.25. The molecule has 3 aromatic carbocycles. The Morgan fingerprint density at radius 2 is 1.78 bits per heavy atom. The van der Waals surface area contributed by atoms with Crippen molar-refractivity contribution in [3.05, 3.63) is 72.0 Å². The lowest BCUT2D eigenvalue weighted by Gasteiger charge is -2.15. The predicted octanol–water partition coefficient (Wildman–Crippen LogP) is 6.01. The Morgan fingerprint density at radius 1 is 1.06 bits per heavy atom. The molecule has 186 valence electrons. The highest BCUT2D eigenvalue weighted by Crippen LogP contribution is 2.38. The molecule has 0 atom stereocenters. The van der Waals surface area contributed by atoms with E-state index in [4.69, 9.17) is 14.2 Å². The molecule has 4 rings (SSSR count). The van der Waals surface area contributed by atoms with Crippen molar-refractivity contribution in [3.8, 4) is 17.2 Å². The van der Waals surface area contributed by atoms with Gasteiger partial charge in [-0.15, -0.1) is 11.8 Å². The van der Waals surface area contributed by atoms with Gasteiger partial charge in [0.15, 0.2) is 11.5 Å². The molecule has 0 N–H and O–H groups in total. The number of ether oxygens (including phenoxy) is 3. The molecule has 36 heavy (non-hydrogen) atoms. The van der Waals surface area contributed by atoms with Gasteiger partial charge in [-0.2, -0.15) is 10.1 Å². The molecule has 0 radical (unpaired) electrons. The van der Waals surface area contributed by atoms with Gasteiger partial charge in [-0.05, 0) is 42.5 Å². The van der Waals surface area contributed by atoms with Gasteiger partial charge in [0.2, 0.25) is 16.8 Å². The highest BCUT2D eigenvalue weighted by molar-refractivity contribution is 7.99. The third-order valence-electron chi connectivity index (χ3n) is 5.09. The average Bonchev–Trinajstić information content (AvgIpc) is 3.31. The molecule has 0 aliphatic heterocycles. The molecule has 0 saturated heterocycles. The summed E-state index contributed by atoms with van der Waals surface area (Å²) in [6.07, 6.45) is 1.76. The summed E-state index contributed by atoms with van der Waals surface area (Å²) in [6.45, 7) is 0. The van der Waals surface area contributed by atoms with Crippen molar-refractivity contribution in [1.82, 2.24) is 4.98 Å². The average molecular weight is 526 g/mol. The second kappa shape index (κ2) is 11.9. The van der Waals surface area contributed by atoms with E-state index in [2.05, 4.69) is 10.1 Å². The van der Waals surface area contributed by atoms with Crippen molar-refractivity contribution in [2.75, 3.05) is 32.1 Å². The first-order valence-corrected chi connectivity index (χ1v) is 12.7. The second-order valence-electron chi connectivity index (χ2n) is 7.43. The van der Waals surface area contributed by atoms with E-state index >= 15 is 0 Å². The second-order valence-corrected chi connectivity index (χ2v) is 9.61. The molecule has 4 aromatic rings. The molecule has 0 aliphatic carbocycles.